The molecule has 0 amide bonds. The van der Waals surface area contributed by atoms with E-state index in [-0.39, 0.29) is 41.5 Å². The Bertz CT molecular complexity index is 791. The van der Waals surface area contributed by atoms with Gasteiger partial charge in [-0.05, 0) is 32.0 Å². The van der Waals surface area contributed by atoms with E-state index in [9.17, 15) is 14.4 Å². The predicted octanol–water partition coefficient (Wildman–Crippen LogP) is 4.68. The van der Waals surface area contributed by atoms with E-state index < -0.39 is 32.6 Å². The second-order valence-electron chi connectivity index (χ2n) is 10.1. The van der Waals surface area contributed by atoms with Gasteiger partial charge < -0.3 is 18.6 Å². The molecular formula is C25H40O7Si. The van der Waals surface area contributed by atoms with Crippen LogP contribution in [0.2, 0.25) is 18.1 Å². The van der Waals surface area contributed by atoms with Gasteiger partial charge in [0.25, 0.3) is 0 Å². The molecule has 7 nitrogen and oxygen atoms in total. The van der Waals surface area contributed by atoms with Crippen LogP contribution in [0.4, 0.5) is 0 Å². The minimum absolute atomic E-state index is 0.0262. The number of carbonyl (C=O) groups is 3. The Morgan fingerprint density at radius 3 is 2.27 bits per heavy atom. The summed E-state index contributed by atoms with van der Waals surface area (Å²) in [5, 5.41) is -0.0631. The second kappa shape index (κ2) is 11.9. The lowest BCUT2D eigenvalue weighted by atomic mass is 10.0. The molecule has 1 aliphatic rings. The first-order valence-electron chi connectivity index (χ1n) is 11.2. The summed E-state index contributed by atoms with van der Waals surface area (Å²) in [6.07, 6.45) is 2.25. The maximum absolute atomic E-state index is 12.3. The van der Waals surface area contributed by atoms with E-state index in [0.29, 0.717) is 6.42 Å². The Labute approximate surface area is 199 Å². The Balaban J connectivity index is 3.15. The molecular weight excluding hydrogens is 440 g/mol. The summed E-state index contributed by atoms with van der Waals surface area (Å²) in [5.41, 5.74) is 0.965. The molecule has 0 saturated carbocycles. The van der Waals surface area contributed by atoms with Gasteiger partial charge in [-0.1, -0.05) is 45.1 Å². The Morgan fingerprint density at radius 2 is 1.79 bits per heavy atom. The third-order valence-corrected chi connectivity index (χ3v) is 10.6. The molecule has 0 bridgehead atoms. The van der Waals surface area contributed by atoms with Crippen LogP contribution in [-0.2, 0) is 33.0 Å². The van der Waals surface area contributed by atoms with Crippen molar-refractivity contribution >= 4 is 26.0 Å². The van der Waals surface area contributed by atoms with Crippen LogP contribution >= 0.6 is 0 Å². The van der Waals surface area contributed by atoms with Gasteiger partial charge in [0.1, 0.15) is 18.8 Å². The zero-order chi connectivity index (χ0) is 25.6. The summed E-state index contributed by atoms with van der Waals surface area (Å²) < 4.78 is 23.5. The smallest absolute Gasteiger partial charge is 0.310 e. The van der Waals surface area contributed by atoms with Crippen molar-refractivity contribution in [2.75, 3.05) is 6.61 Å². The van der Waals surface area contributed by atoms with Crippen molar-refractivity contribution in [2.24, 2.45) is 0 Å². The van der Waals surface area contributed by atoms with Crippen LogP contribution in [0.1, 0.15) is 54.4 Å². The van der Waals surface area contributed by atoms with Crippen molar-refractivity contribution in [3.05, 3.63) is 36.5 Å². The second-order valence-corrected chi connectivity index (χ2v) is 14.9. The third kappa shape index (κ3) is 9.02. The molecule has 0 N–H and O–H groups in total. The van der Waals surface area contributed by atoms with E-state index in [0.717, 1.165) is 5.57 Å². The number of hydrogen-bond donors (Lipinski definition) is 0. The SMILES string of the molecule is C=C[C@@H]1C[C@@H](OC(C)=O)[C@@H]([C@@H](/C=C(\C)CC(=O)OCC(=C)C(C)=O)O[Si](C)(C)C(C)(C)C)O1. The molecule has 33 heavy (non-hydrogen) atoms. The number of carbonyl (C=O) groups excluding carboxylic acids is 3. The first-order valence-corrected chi connectivity index (χ1v) is 14.1. The lowest BCUT2D eigenvalue weighted by molar-refractivity contribution is -0.151. The van der Waals surface area contributed by atoms with Gasteiger partial charge in [-0.3, -0.25) is 14.4 Å². The van der Waals surface area contributed by atoms with E-state index >= 15 is 0 Å². The summed E-state index contributed by atoms with van der Waals surface area (Å²) in [7, 11) is -2.24. The fraction of sp³-hybridized carbons (Fsp3) is 0.640. The van der Waals surface area contributed by atoms with Gasteiger partial charge in [0.15, 0.2) is 14.1 Å². The molecule has 8 heteroatoms. The third-order valence-electron chi connectivity index (χ3n) is 6.08. The van der Waals surface area contributed by atoms with Crippen LogP contribution < -0.4 is 0 Å². The molecule has 1 saturated heterocycles. The average molecular weight is 481 g/mol. The molecule has 0 aromatic carbocycles. The molecule has 0 aromatic heterocycles. The number of ether oxygens (including phenoxy) is 3. The van der Waals surface area contributed by atoms with E-state index in [1.165, 1.54) is 13.8 Å². The van der Waals surface area contributed by atoms with Crippen molar-refractivity contribution in [2.45, 2.75) is 96.9 Å². The lowest BCUT2D eigenvalue weighted by Gasteiger charge is -2.40. The highest BCUT2D eigenvalue weighted by Crippen LogP contribution is 2.39. The maximum Gasteiger partial charge on any atom is 0.310 e. The molecule has 0 aromatic rings. The maximum atomic E-state index is 12.3. The van der Waals surface area contributed by atoms with Gasteiger partial charge in [0.05, 0.1) is 18.6 Å². The van der Waals surface area contributed by atoms with Crippen LogP contribution in [0, 0.1) is 0 Å². The van der Waals surface area contributed by atoms with Crippen molar-refractivity contribution in [1.82, 2.24) is 0 Å². The standard InChI is InChI=1S/C25H40O7Si/c1-11-20-14-21(30-19(5)27)24(31-20)22(32-33(9,10)25(6,7)8)12-16(2)13-23(28)29-15-17(3)18(4)26/h11-12,20-22,24H,1,3,13-15H2,2,4-10H3/b16-12+/t20-,21-,22-,24+/m1/s1. The van der Waals surface area contributed by atoms with Crippen molar-refractivity contribution in [3.63, 3.8) is 0 Å². The van der Waals surface area contributed by atoms with E-state index in [1.807, 2.05) is 13.0 Å². The highest BCUT2D eigenvalue weighted by atomic mass is 28.4. The predicted molar refractivity (Wildman–Crippen MR) is 130 cm³/mol. The summed E-state index contributed by atoms with van der Waals surface area (Å²) in [5.74, 6) is -1.07. The molecule has 1 fully saturated rings. The molecule has 0 radical (unpaired) electrons. The van der Waals surface area contributed by atoms with Crippen molar-refractivity contribution in [3.8, 4) is 0 Å². The molecule has 0 unspecified atom stereocenters. The lowest BCUT2D eigenvalue weighted by Crippen LogP contribution is -2.49. The van der Waals surface area contributed by atoms with Gasteiger partial charge in [-0.2, -0.15) is 0 Å². The summed E-state index contributed by atoms with van der Waals surface area (Å²) in [6, 6.07) is 0. The molecule has 1 rings (SSSR count). The first-order chi connectivity index (χ1) is 15.1. The van der Waals surface area contributed by atoms with E-state index in [2.05, 4.69) is 47.0 Å². The highest BCUT2D eigenvalue weighted by molar-refractivity contribution is 6.74. The monoisotopic (exact) mass is 480 g/mol. The summed E-state index contributed by atoms with van der Waals surface area (Å²) in [4.78, 5) is 35.3. The van der Waals surface area contributed by atoms with Gasteiger partial charge >= 0.3 is 11.9 Å². The van der Waals surface area contributed by atoms with Crippen LogP contribution in [0.3, 0.4) is 0 Å². The normalized spacial score (nSPS) is 22.4. The quantitative estimate of drug-likeness (QED) is 0.184. The minimum Gasteiger partial charge on any atom is -0.460 e. The van der Waals surface area contributed by atoms with Gasteiger partial charge in [0.2, 0.25) is 0 Å². The Morgan fingerprint density at radius 1 is 1.18 bits per heavy atom. The van der Waals surface area contributed by atoms with Crippen molar-refractivity contribution in [1.29, 1.82) is 0 Å². The minimum atomic E-state index is -2.24. The van der Waals surface area contributed by atoms with Crippen LogP contribution in [0.5, 0.6) is 0 Å². The molecule has 186 valence electrons. The highest BCUT2D eigenvalue weighted by Gasteiger charge is 2.46. The summed E-state index contributed by atoms with van der Waals surface area (Å²) >= 11 is 0. The van der Waals surface area contributed by atoms with Crippen molar-refractivity contribution < 1.29 is 33.0 Å². The van der Waals surface area contributed by atoms with Crippen LogP contribution in [0.25, 0.3) is 0 Å². The zero-order valence-electron chi connectivity index (χ0n) is 21.4. The average Bonchev–Trinajstić information content (AvgIpc) is 3.06. The van der Waals surface area contributed by atoms with Gasteiger partial charge in [-0.25, -0.2) is 0 Å². The molecule has 0 aliphatic carbocycles. The summed E-state index contributed by atoms with van der Waals surface area (Å²) in [6.45, 7) is 22.5. The number of ketones is 1. The fourth-order valence-electron chi connectivity index (χ4n) is 3.08. The van der Waals surface area contributed by atoms with Crippen LogP contribution in [-0.4, -0.2) is 57.1 Å². The number of rotatable bonds is 11. The Hall–Kier alpha value is -2.03. The molecule has 4 atom stereocenters. The number of Topliss-reactive ketones (excluding diaryl/α,β-unsaturated/α-hetero) is 1. The molecule has 1 aliphatic heterocycles. The fourth-order valence-corrected chi connectivity index (χ4v) is 4.31. The molecule has 1 heterocycles. The first kappa shape index (κ1) is 29.0. The van der Waals surface area contributed by atoms with Gasteiger partial charge in [-0.15, -0.1) is 6.58 Å². The van der Waals surface area contributed by atoms with E-state index in [1.54, 1.807) is 6.08 Å². The molecule has 0 spiro atoms. The zero-order valence-corrected chi connectivity index (χ0v) is 22.4. The van der Waals surface area contributed by atoms with Crippen LogP contribution in [0.15, 0.2) is 36.5 Å². The number of hydrogen-bond acceptors (Lipinski definition) is 7. The van der Waals surface area contributed by atoms with E-state index in [4.69, 9.17) is 18.6 Å². The Kier molecular flexibility index (Phi) is 10.5. The number of esters is 2. The topological polar surface area (TPSA) is 88.1 Å². The largest absolute Gasteiger partial charge is 0.460 e. The van der Waals surface area contributed by atoms with Gasteiger partial charge in [0, 0.05) is 18.9 Å².